The molecule has 0 aliphatic rings. The SMILES string of the molecule is Cc1nc2sccn2c1Br. The summed E-state index contributed by atoms with van der Waals surface area (Å²) in [5, 5.41) is 2.02. The van der Waals surface area contributed by atoms with E-state index in [-0.39, 0.29) is 0 Å². The van der Waals surface area contributed by atoms with E-state index in [1.165, 1.54) is 0 Å². The molecule has 0 fully saturated rings. The van der Waals surface area contributed by atoms with Gasteiger partial charge in [-0.3, -0.25) is 4.40 Å². The molecule has 2 rings (SSSR count). The molecule has 2 aromatic heterocycles. The number of hydrogen-bond donors (Lipinski definition) is 0. The summed E-state index contributed by atoms with van der Waals surface area (Å²) >= 11 is 5.08. The van der Waals surface area contributed by atoms with Crippen LogP contribution in [0.2, 0.25) is 0 Å². The number of rotatable bonds is 0. The summed E-state index contributed by atoms with van der Waals surface area (Å²) < 4.78 is 3.09. The van der Waals surface area contributed by atoms with Crippen LogP contribution in [0.25, 0.3) is 4.96 Å². The molecule has 0 N–H and O–H groups in total. The lowest BCUT2D eigenvalue weighted by molar-refractivity contribution is 1.17. The molecule has 0 unspecified atom stereocenters. The predicted molar refractivity (Wildman–Crippen MR) is 45.5 cm³/mol. The third kappa shape index (κ3) is 0.722. The van der Waals surface area contributed by atoms with Crippen LogP contribution in [0.3, 0.4) is 0 Å². The lowest BCUT2D eigenvalue weighted by atomic mass is 10.6. The molecule has 0 radical (unpaired) electrons. The van der Waals surface area contributed by atoms with Crippen molar-refractivity contribution in [1.82, 2.24) is 9.38 Å². The molecule has 0 atom stereocenters. The monoisotopic (exact) mass is 216 g/mol. The second-order valence-corrected chi connectivity index (χ2v) is 3.67. The zero-order chi connectivity index (χ0) is 7.14. The maximum atomic E-state index is 4.31. The van der Waals surface area contributed by atoms with Crippen molar-refractivity contribution in [3.63, 3.8) is 0 Å². The molecular weight excluding hydrogens is 212 g/mol. The van der Waals surface area contributed by atoms with Crippen LogP contribution in [0.5, 0.6) is 0 Å². The second kappa shape index (κ2) is 2.07. The van der Waals surface area contributed by atoms with E-state index in [9.17, 15) is 0 Å². The van der Waals surface area contributed by atoms with Gasteiger partial charge in [0, 0.05) is 11.6 Å². The van der Waals surface area contributed by atoms with Gasteiger partial charge in [-0.05, 0) is 22.9 Å². The van der Waals surface area contributed by atoms with E-state index in [0.29, 0.717) is 0 Å². The van der Waals surface area contributed by atoms with Crippen LogP contribution in [0.1, 0.15) is 5.69 Å². The highest BCUT2D eigenvalue weighted by atomic mass is 79.9. The molecule has 2 aromatic rings. The summed E-state index contributed by atoms with van der Waals surface area (Å²) in [5.41, 5.74) is 1.05. The van der Waals surface area contributed by atoms with Crippen LogP contribution < -0.4 is 0 Å². The van der Waals surface area contributed by atoms with Crippen molar-refractivity contribution < 1.29 is 0 Å². The Labute approximate surface area is 70.6 Å². The molecule has 2 nitrogen and oxygen atoms in total. The largest absolute Gasteiger partial charge is 0.284 e. The van der Waals surface area contributed by atoms with Crippen molar-refractivity contribution in [2.75, 3.05) is 0 Å². The summed E-state index contributed by atoms with van der Waals surface area (Å²) in [7, 11) is 0. The minimum atomic E-state index is 1.05. The Morgan fingerprint density at radius 1 is 1.70 bits per heavy atom. The number of fused-ring (bicyclic) bond motifs is 1. The van der Waals surface area contributed by atoms with Gasteiger partial charge in [-0.15, -0.1) is 11.3 Å². The molecule has 2 heterocycles. The lowest BCUT2D eigenvalue weighted by Gasteiger charge is -1.83. The molecule has 0 saturated carbocycles. The van der Waals surface area contributed by atoms with Gasteiger partial charge in [-0.25, -0.2) is 4.98 Å². The quantitative estimate of drug-likeness (QED) is 0.662. The number of imidazole rings is 1. The van der Waals surface area contributed by atoms with Crippen molar-refractivity contribution in [2.24, 2.45) is 0 Å². The van der Waals surface area contributed by atoms with E-state index in [2.05, 4.69) is 20.9 Å². The van der Waals surface area contributed by atoms with E-state index in [1.54, 1.807) is 11.3 Å². The number of aryl methyl sites for hydroxylation is 1. The topological polar surface area (TPSA) is 17.3 Å². The van der Waals surface area contributed by atoms with Gasteiger partial charge in [0.2, 0.25) is 0 Å². The van der Waals surface area contributed by atoms with Crippen LogP contribution in [-0.4, -0.2) is 9.38 Å². The third-order valence-corrected chi connectivity index (χ3v) is 3.08. The third-order valence-electron chi connectivity index (χ3n) is 1.36. The lowest BCUT2D eigenvalue weighted by Crippen LogP contribution is -1.74. The first kappa shape index (κ1) is 6.37. The van der Waals surface area contributed by atoms with Gasteiger partial charge in [-0.1, -0.05) is 0 Å². The van der Waals surface area contributed by atoms with Crippen LogP contribution in [0.4, 0.5) is 0 Å². The molecular formula is C6H5BrN2S. The minimum Gasteiger partial charge on any atom is -0.284 e. The maximum absolute atomic E-state index is 4.31. The van der Waals surface area contributed by atoms with Gasteiger partial charge in [0.05, 0.1) is 5.69 Å². The smallest absolute Gasteiger partial charge is 0.194 e. The van der Waals surface area contributed by atoms with Crippen molar-refractivity contribution >= 4 is 32.2 Å². The average molecular weight is 217 g/mol. The van der Waals surface area contributed by atoms with Gasteiger partial charge in [0.15, 0.2) is 4.96 Å². The number of nitrogens with zero attached hydrogens (tertiary/aromatic N) is 2. The van der Waals surface area contributed by atoms with Crippen molar-refractivity contribution in [3.8, 4) is 0 Å². The number of halogens is 1. The molecule has 0 spiro atoms. The standard InChI is InChI=1S/C6H5BrN2S/c1-4-5(7)9-2-3-10-6(9)8-4/h2-3H,1H3. The zero-order valence-corrected chi connectivity index (χ0v) is 7.74. The molecule has 0 aliphatic heterocycles. The molecule has 4 heteroatoms. The highest BCUT2D eigenvalue weighted by Gasteiger charge is 2.04. The molecule has 0 bridgehead atoms. The Morgan fingerprint density at radius 2 is 2.50 bits per heavy atom. The summed E-state index contributed by atoms with van der Waals surface area (Å²) in [6.07, 6.45) is 2.00. The minimum absolute atomic E-state index is 1.05. The van der Waals surface area contributed by atoms with E-state index in [1.807, 2.05) is 22.9 Å². The van der Waals surface area contributed by atoms with E-state index >= 15 is 0 Å². The fourth-order valence-electron chi connectivity index (χ4n) is 0.866. The molecule has 52 valence electrons. The first-order chi connectivity index (χ1) is 4.79. The molecule has 0 saturated heterocycles. The van der Waals surface area contributed by atoms with E-state index < -0.39 is 0 Å². The van der Waals surface area contributed by atoms with Crippen LogP contribution in [0.15, 0.2) is 16.2 Å². The Bertz CT molecular complexity index is 363. The van der Waals surface area contributed by atoms with Gasteiger partial charge in [-0.2, -0.15) is 0 Å². The molecule has 10 heavy (non-hydrogen) atoms. The number of thiazole rings is 1. The highest BCUT2D eigenvalue weighted by Crippen LogP contribution is 2.20. The molecule has 0 aliphatic carbocycles. The zero-order valence-electron chi connectivity index (χ0n) is 5.34. The first-order valence-corrected chi connectivity index (χ1v) is 4.54. The normalized spacial score (nSPS) is 11.0. The predicted octanol–water partition coefficient (Wildman–Crippen LogP) is 2.47. The Kier molecular flexibility index (Phi) is 1.32. The maximum Gasteiger partial charge on any atom is 0.194 e. The van der Waals surface area contributed by atoms with E-state index in [0.717, 1.165) is 15.3 Å². The van der Waals surface area contributed by atoms with Crippen LogP contribution in [-0.2, 0) is 0 Å². The van der Waals surface area contributed by atoms with Gasteiger partial charge in [0.1, 0.15) is 4.60 Å². The van der Waals surface area contributed by atoms with Crippen molar-refractivity contribution in [2.45, 2.75) is 6.92 Å². The highest BCUT2D eigenvalue weighted by molar-refractivity contribution is 9.10. The summed E-state index contributed by atoms with van der Waals surface area (Å²) in [4.78, 5) is 5.35. The van der Waals surface area contributed by atoms with Crippen molar-refractivity contribution in [3.05, 3.63) is 21.9 Å². The van der Waals surface area contributed by atoms with Crippen LogP contribution in [0, 0.1) is 6.92 Å². The molecule has 0 aromatic carbocycles. The second-order valence-electron chi connectivity index (χ2n) is 2.04. The number of aromatic nitrogens is 2. The first-order valence-electron chi connectivity index (χ1n) is 2.86. The van der Waals surface area contributed by atoms with Crippen LogP contribution >= 0.6 is 27.3 Å². The fourth-order valence-corrected chi connectivity index (χ4v) is 2.12. The summed E-state index contributed by atoms with van der Waals surface area (Å²) in [6, 6.07) is 0. The van der Waals surface area contributed by atoms with Gasteiger partial charge >= 0.3 is 0 Å². The van der Waals surface area contributed by atoms with Gasteiger partial charge in [0.25, 0.3) is 0 Å². The Balaban J connectivity index is 2.95. The summed E-state index contributed by atoms with van der Waals surface area (Å²) in [6.45, 7) is 1.99. The Hall–Kier alpha value is -0.350. The number of hydrogen-bond acceptors (Lipinski definition) is 2. The van der Waals surface area contributed by atoms with Gasteiger partial charge < -0.3 is 0 Å². The average Bonchev–Trinajstić information content (AvgIpc) is 2.41. The van der Waals surface area contributed by atoms with E-state index in [4.69, 9.17) is 0 Å². The molecule has 0 amide bonds. The Morgan fingerprint density at radius 3 is 3.20 bits per heavy atom. The fraction of sp³-hybridized carbons (Fsp3) is 0.167. The summed E-state index contributed by atoms with van der Waals surface area (Å²) in [5.74, 6) is 0. The van der Waals surface area contributed by atoms with Crippen molar-refractivity contribution in [1.29, 1.82) is 0 Å².